The molecule has 0 saturated carbocycles. The lowest BCUT2D eigenvalue weighted by Crippen LogP contribution is -2.14. The van der Waals surface area contributed by atoms with E-state index in [2.05, 4.69) is 37.4 Å². The number of methoxy groups -OCH3 is 1. The van der Waals surface area contributed by atoms with Crippen LogP contribution in [0.2, 0.25) is 5.02 Å². The van der Waals surface area contributed by atoms with Gasteiger partial charge < -0.3 is 10.1 Å². The summed E-state index contributed by atoms with van der Waals surface area (Å²) in [5, 5.41) is 12.9. The van der Waals surface area contributed by atoms with E-state index in [4.69, 9.17) is 16.3 Å². The van der Waals surface area contributed by atoms with Crippen molar-refractivity contribution >= 4 is 29.3 Å². The molecule has 32 heavy (non-hydrogen) atoms. The monoisotopic (exact) mass is 444 g/mol. The molecule has 0 fully saturated rings. The Hall–Kier alpha value is -3.55. The Morgan fingerprint density at radius 1 is 1.09 bits per heavy atom. The van der Waals surface area contributed by atoms with Crippen LogP contribution in [0, 0.1) is 32.1 Å². The highest BCUT2D eigenvalue weighted by atomic mass is 35.5. The normalized spacial score (nSPS) is 11.1. The van der Waals surface area contributed by atoms with Crippen LogP contribution in [-0.2, 0) is 11.2 Å². The molecule has 0 heterocycles. The highest BCUT2D eigenvalue weighted by molar-refractivity contribution is 6.31. The number of aryl methyl sites for hydroxylation is 3. The van der Waals surface area contributed by atoms with E-state index < -0.39 is 5.91 Å². The molecule has 3 aromatic carbocycles. The number of carbonyl (C=O) groups is 1. The number of nitrogens with one attached hydrogen (secondary N) is 1. The molecule has 3 rings (SSSR count). The molecule has 4 nitrogen and oxygen atoms in total. The lowest BCUT2D eigenvalue weighted by Gasteiger charge is -2.13. The Labute approximate surface area is 194 Å². The van der Waals surface area contributed by atoms with Crippen molar-refractivity contribution in [3.63, 3.8) is 0 Å². The average Bonchev–Trinajstić information content (AvgIpc) is 2.74. The first-order valence-corrected chi connectivity index (χ1v) is 10.6. The number of carbonyl (C=O) groups excluding carboxylic acids is 1. The molecular formula is C27H25ClN2O2. The summed E-state index contributed by atoms with van der Waals surface area (Å²) in [4.78, 5) is 12.6. The highest BCUT2D eigenvalue weighted by Gasteiger charge is 2.14. The number of benzene rings is 3. The van der Waals surface area contributed by atoms with Crippen LogP contribution in [0.5, 0.6) is 5.75 Å². The van der Waals surface area contributed by atoms with Crippen LogP contribution in [0.25, 0.3) is 6.08 Å². The van der Waals surface area contributed by atoms with Gasteiger partial charge in [-0.1, -0.05) is 59.1 Å². The maximum atomic E-state index is 12.6. The topological polar surface area (TPSA) is 62.1 Å². The van der Waals surface area contributed by atoms with Crippen LogP contribution in [0.15, 0.2) is 60.2 Å². The van der Waals surface area contributed by atoms with E-state index in [0.717, 1.165) is 16.7 Å². The molecule has 5 heteroatoms. The van der Waals surface area contributed by atoms with Crippen molar-refractivity contribution in [1.29, 1.82) is 5.26 Å². The van der Waals surface area contributed by atoms with Gasteiger partial charge in [0.2, 0.25) is 0 Å². The Balaban J connectivity index is 1.91. The van der Waals surface area contributed by atoms with Crippen molar-refractivity contribution in [1.82, 2.24) is 0 Å². The number of amides is 1. The number of rotatable bonds is 6. The molecule has 0 aliphatic rings. The minimum absolute atomic E-state index is 0.0200. The van der Waals surface area contributed by atoms with E-state index in [9.17, 15) is 10.1 Å². The molecule has 3 aromatic rings. The maximum absolute atomic E-state index is 12.6. The lowest BCUT2D eigenvalue weighted by molar-refractivity contribution is -0.112. The van der Waals surface area contributed by atoms with E-state index in [0.29, 0.717) is 28.4 Å². The van der Waals surface area contributed by atoms with Gasteiger partial charge in [0, 0.05) is 22.7 Å². The second-order valence-corrected chi connectivity index (χ2v) is 8.20. The zero-order valence-corrected chi connectivity index (χ0v) is 19.4. The number of para-hydroxylation sites is 1. The Morgan fingerprint density at radius 2 is 1.78 bits per heavy atom. The Kier molecular flexibility index (Phi) is 7.35. The van der Waals surface area contributed by atoms with Crippen LogP contribution < -0.4 is 10.1 Å². The zero-order valence-electron chi connectivity index (χ0n) is 18.6. The van der Waals surface area contributed by atoms with Gasteiger partial charge in [-0.25, -0.2) is 0 Å². The summed E-state index contributed by atoms with van der Waals surface area (Å²) >= 11 is 6.61. The highest BCUT2D eigenvalue weighted by Crippen LogP contribution is 2.32. The maximum Gasteiger partial charge on any atom is 0.266 e. The number of hydrogen-bond acceptors (Lipinski definition) is 3. The molecule has 0 saturated heterocycles. The quantitative estimate of drug-likeness (QED) is 0.353. The summed E-state index contributed by atoms with van der Waals surface area (Å²) in [7, 11) is 1.58. The first kappa shape index (κ1) is 23.1. The molecule has 0 spiro atoms. The third-order valence-corrected chi connectivity index (χ3v) is 5.47. The second kappa shape index (κ2) is 10.2. The Morgan fingerprint density at radius 3 is 2.41 bits per heavy atom. The van der Waals surface area contributed by atoms with Crippen molar-refractivity contribution in [3.8, 4) is 11.8 Å². The summed E-state index contributed by atoms with van der Waals surface area (Å²) < 4.78 is 5.59. The van der Waals surface area contributed by atoms with Crippen LogP contribution in [0.1, 0.15) is 33.4 Å². The number of hydrogen-bond donors (Lipinski definition) is 1. The first-order valence-electron chi connectivity index (χ1n) is 10.2. The van der Waals surface area contributed by atoms with Crippen molar-refractivity contribution in [2.24, 2.45) is 0 Å². The molecule has 0 radical (unpaired) electrons. The smallest absolute Gasteiger partial charge is 0.266 e. The SMILES string of the molecule is COc1cc(/C=C(\C#N)C(=O)Nc2ccccc2C)cc(Cl)c1Cc1cc(C)cc(C)c1. The third kappa shape index (κ3) is 5.57. The number of halogens is 1. The summed E-state index contributed by atoms with van der Waals surface area (Å²) in [5.74, 6) is 0.135. The van der Waals surface area contributed by atoms with Crippen LogP contribution >= 0.6 is 11.6 Å². The number of ether oxygens (including phenoxy) is 1. The van der Waals surface area contributed by atoms with Gasteiger partial charge in [-0.2, -0.15) is 5.26 Å². The molecule has 0 atom stereocenters. The van der Waals surface area contributed by atoms with Crippen molar-refractivity contribution in [2.75, 3.05) is 12.4 Å². The van der Waals surface area contributed by atoms with Crippen molar-refractivity contribution in [2.45, 2.75) is 27.2 Å². The van der Waals surface area contributed by atoms with E-state index in [-0.39, 0.29) is 5.57 Å². The van der Waals surface area contributed by atoms with Crippen LogP contribution in [-0.4, -0.2) is 13.0 Å². The summed E-state index contributed by atoms with van der Waals surface area (Å²) in [6, 6.07) is 19.3. The average molecular weight is 445 g/mol. The molecule has 162 valence electrons. The van der Waals surface area contributed by atoms with Crippen molar-refractivity contribution in [3.05, 3.63) is 98.6 Å². The predicted octanol–water partition coefficient (Wildman–Crippen LogP) is 6.41. The van der Waals surface area contributed by atoms with E-state index in [1.165, 1.54) is 17.2 Å². The van der Waals surface area contributed by atoms with E-state index in [1.54, 1.807) is 25.3 Å². The van der Waals surface area contributed by atoms with Gasteiger partial charge in [0.25, 0.3) is 5.91 Å². The zero-order chi connectivity index (χ0) is 23.3. The van der Waals surface area contributed by atoms with Gasteiger partial charge in [0.15, 0.2) is 0 Å². The third-order valence-electron chi connectivity index (χ3n) is 5.13. The van der Waals surface area contributed by atoms with Gasteiger partial charge in [0.05, 0.1) is 7.11 Å². The number of nitriles is 1. The fraction of sp³-hybridized carbons (Fsp3) is 0.185. The standard InChI is InChI=1S/C27H25ClN2O2/c1-17-9-18(2)11-20(10-17)13-23-24(28)14-21(15-26(23)32-4)12-22(16-29)27(31)30-25-8-6-5-7-19(25)3/h5-12,14-15H,13H2,1-4H3,(H,30,31)/b22-12+. The molecule has 1 N–H and O–H groups in total. The minimum Gasteiger partial charge on any atom is -0.496 e. The molecular weight excluding hydrogens is 420 g/mol. The lowest BCUT2D eigenvalue weighted by atomic mass is 9.98. The number of anilines is 1. The fourth-order valence-electron chi connectivity index (χ4n) is 3.66. The van der Waals surface area contributed by atoms with Crippen LogP contribution in [0.4, 0.5) is 5.69 Å². The molecule has 0 unspecified atom stereocenters. The van der Waals surface area contributed by atoms with E-state index >= 15 is 0 Å². The fourth-order valence-corrected chi connectivity index (χ4v) is 3.95. The Bertz CT molecular complexity index is 1220. The van der Waals surface area contributed by atoms with Gasteiger partial charge in [-0.15, -0.1) is 0 Å². The molecule has 0 aliphatic heterocycles. The number of nitrogens with zero attached hydrogens (tertiary/aromatic N) is 1. The predicted molar refractivity (Wildman–Crippen MR) is 130 cm³/mol. The molecule has 0 aromatic heterocycles. The summed E-state index contributed by atoms with van der Waals surface area (Å²) in [5.41, 5.74) is 6.55. The summed E-state index contributed by atoms with van der Waals surface area (Å²) in [6.45, 7) is 6.02. The largest absolute Gasteiger partial charge is 0.496 e. The van der Waals surface area contributed by atoms with Crippen molar-refractivity contribution < 1.29 is 9.53 Å². The van der Waals surface area contributed by atoms with E-state index in [1.807, 2.05) is 31.2 Å². The first-order chi connectivity index (χ1) is 15.3. The van der Waals surface area contributed by atoms with Gasteiger partial charge in [0.1, 0.15) is 17.4 Å². The van der Waals surface area contributed by atoms with Gasteiger partial charge >= 0.3 is 0 Å². The minimum atomic E-state index is -0.476. The second-order valence-electron chi connectivity index (χ2n) is 7.80. The van der Waals surface area contributed by atoms with Gasteiger partial charge in [-0.05, 0) is 61.7 Å². The molecule has 1 amide bonds. The summed E-state index contributed by atoms with van der Waals surface area (Å²) in [6.07, 6.45) is 2.13. The molecule has 0 aliphatic carbocycles. The van der Waals surface area contributed by atoms with Gasteiger partial charge in [-0.3, -0.25) is 4.79 Å². The van der Waals surface area contributed by atoms with Crippen LogP contribution in [0.3, 0.4) is 0 Å². The molecule has 0 bridgehead atoms.